The first kappa shape index (κ1) is 18.9. The lowest BCUT2D eigenvalue weighted by Crippen LogP contribution is -2.20. The van der Waals surface area contributed by atoms with Gasteiger partial charge in [-0.25, -0.2) is 0 Å². The van der Waals surface area contributed by atoms with Crippen molar-refractivity contribution in [3.63, 3.8) is 0 Å². The van der Waals surface area contributed by atoms with Gasteiger partial charge in [-0.2, -0.15) is 0 Å². The second-order valence-electron chi connectivity index (χ2n) is 4.69. The van der Waals surface area contributed by atoms with E-state index in [0.717, 1.165) is 11.8 Å². The number of methoxy groups -OCH3 is 2. The van der Waals surface area contributed by atoms with Crippen LogP contribution in [0.3, 0.4) is 0 Å². The number of esters is 1. The monoisotopic (exact) mass is 385 g/mol. The Morgan fingerprint density at radius 1 is 1.36 bits per heavy atom. The Hall–Kier alpha value is -2.46. The van der Waals surface area contributed by atoms with Gasteiger partial charge in [-0.1, -0.05) is 23.4 Å². The van der Waals surface area contributed by atoms with Gasteiger partial charge in [-0.15, -0.1) is 10.2 Å². The van der Waals surface area contributed by atoms with Crippen LogP contribution >= 0.6 is 23.4 Å². The van der Waals surface area contributed by atoms with Crippen LogP contribution < -0.4 is 15.8 Å². The molecule has 1 amide bonds. The lowest BCUT2D eigenvalue weighted by atomic mass is 10.3. The smallest absolute Gasteiger partial charge is 0.316 e. The fraction of sp³-hybridized carbons (Fsp3) is 0.286. The van der Waals surface area contributed by atoms with Gasteiger partial charge in [0.15, 0.2) is 5.16 Å². The third kappa shape index (κ3) is 5.00. The van der Waals surface area contributed by atoms with Crippen LogP contribution in [0.25, 0.3) is 0 Å². The summed E-state index contributed by atoms with van der Waals surface area (Å²) in [6.45, 7) is -0.119. The minimum absolute atomic E-state index is 0.0321. The van der Waals surface area contributed by atoms with Crippen molar-refractivity contribution in [2.24, 2.45) is 0 Å². The van der Waals surface area contributed by atoms with E-state index < -0.39 is 5.97 Å². The summed E-state index contributed by atoms with van der Waals surface area (Å²) in [6.07, 6.45) is 0. The lowest BCUT2D eigenvalue weighted by Gasteiger charge is -2.10. The molecule has 134 valence electrons. The zero-order chi connectivity index (χ0) is 18.4. The number of halogens is 1. The van der Waals surface area contributed by atoms with Crippen molar-refractivity contribution in [2.45, 2.75) is 11.7 Å². The van der Waals surface area contributed by atoms with Gasteiger partial charge in [-0.3, -0.25) is 14.2 Å². The van der Waals surface area contributed by atoms with E-state index in [1.54, 1.807) is 18.2 Å². The van der Waals surface area contributed by atoms with E-state index in [9.17, 15) is 9.59 Å². The van der Waals surface area contributed by atoms with Crippen LogP contribution in [0.15, 0.2) is 23.4 Å². The van der Waals surface area contributed by atoms with E-state index in [1.165, 1.54) is 18.8 Å². The van der Waals surface area contributed by atoms with Crippen molar-refractivity contribution in [1.29, 1.82) is 0 Å². The number of aromatic nitrogens is 3. The van der Waals surface area contributed by atoms with Gasteiger partial charge >= 0.3 is 5.97 Å². The second-order valence-corrected chi connectivity index (χ2v) is 6.04. The molecule has 0 bridgehead atoms. The molecule has 2 aromatic rings. The molecule has 0 spiro atoms. The topological polar surface area (TPSA) is 121 Å². The van der Waals surface area contributed by atoms with Crippen LogP contribution in [0.1, 0.15) is 0 Å². The van der Waals surface area contributed by atoms with Crippen LogP contribution in [0.4, 0.5) is 11.6 Å². The predicted octanol–water partition coefficient (Wildman–Crippen LogP) is 1.43. The molecule has 1 aromatic carbocycles. The fourth-order valence-corrected chi connectivity index (χ4v) is 2.86. The molecule has 11 heteroatoms. The van der Waals surface area contributed by atoms with Gasteiger partial charge < -0.3 is 20.5 Å². The SMILES string of the molecule is COC(=O)CSc1nnc(N)n1CC(=O)Nc1ccc(OC)c(Cl)c1. The normalized spacial score (nSPS) is 10.4. The third-order valence-corrected chi connectivity index (χ3v) is 4.27. The zero-order valence-corrected chi connectivity index (χ0v) is 15.1. The quantitative estimate of drug-likeness (QED) is 0.542. The van der Waals surface area contributed by atoms with E-state index in [4.69, 9.17) is 22.1 Å². The maximum absolute atomic E-state index is 12.2. The number of nitrogens with zero attached hydrogens (tertiary/aromatic N) is 3. The molecule has 3 N–H and O–H groups in total. The summed E-state index contributed by atoms with van der Waals surface area (Å²) < 4.78 is 11.0. The maximum atomic E-state index is 12.2. The standard InChI is InChI=1S/C14H16ClN5O4S/c1-23-10-4-3-8(5-9(10)15)17-11(21)6-20-13(16)18-19-14(20)25-7-12(22)24-2/h3-5H,6-7H2,1-2H3,(H2,16,18)(H,17,21). The fourth-order valence-electron chi connectivity index (χ4n) is 1.83. The molecule has 0 radical (unpaired) electrons. The summed E-state index contributed by atoms with van der Waals surface area (Å²) in [4.78, 5) is 23.4. The summed E-state index contributed by atoms with van der Waals surface area (Å²) in [7, 11) is 2.79. The number of benzene rings is 1. The number of thioether (sulfide) groups is 1. The van der Waals surface area contributed by atoms with E-state index in [-0.39, 0.29) is 24.2 Å². The highest BCUT2D eigenvalue weighted by Gasteiger charge is 2.15. The van der Waals surface area contributed by atoms with Crippen molar-refractivity contribution in [3.8, 4) is 5.75 Å². The number of hydrogen-bond acceptors (Lipinski definition) is 8. The van der Waals surface area contributed by atoms with Gasteiger partial charge in [-0.05, 0) is 18.2 Å². The molecule has 0 aliphatic heterocycles. The number of nitrogens with one attached hydrogen (secondary N) is 1. The van der Waals surface area contributed by atoms with Crippen LogP contribution in [0.2, 0.25) is 5.02 Å². The van der Waals surface area contributed by atoms with Crippen LogP contribution in [0, 0.1) is 0 Å². The molecular formula is C14H16ClN5O4S. The first-order valence-electron chi connectivity index (χ1n) is 6.96. The Kier molecular flexibility index (Phi) is 6.48. The molecule has 9 nitrogen and oxygen atoms in total. The third-order valence-electron chi connectivity index (χ3n) is 3.03. The van der Waals surface area contributed by atoms with Gasteiger partial charge in [0.2, 0.25) is 11.9 Å². The summed E-state index contributed by atoms with van der Waals surface area (Å²) >= 11 is 7.10. The summed E-state index contributed by atoms with van der Waals surface area (Å²) in [5.41, 5.74) is 6.23. The average Bonchev–Trinajstić information content (AvgIpc) is 2.93. The number of carbonyl (C=O) groups is 2. The molecular weight excluding hydrogens is 370 g/mol. The summed E-state index contributed by atoms with van der Waals surface area (Å²) in [5.74, 6) is -0.174. The van der Waals surface area contributed by atoms with Crippen molar-refractivity contribution < 1.29 is 19.1 Å². The number of hydrogen-bond donors (Lipinski definition) is 2. The largest absolute Gasteiger partial charge is 0.495 e. The van der Waals surface area contributed by atoms with E-state index in [0.29, 0.717) is 21.6 Å². The Balaban J connectivity index is 2.04. The average molecular weight is 386 g/mol. The Labute approximate surface area is 152 Å². The summed E-state index contributed by atoms with van der Waals surface area (Å²) in [5, 5.41) is 11.0. The number of anilines is 2. The van der Waals surface area contributed by atoms with Crippen molar-refractivity contribution in [2.75, 3.05) is 31.0 Å². The lowest BCUT2D eigenvalue weighted by molar-refractivity contribution is -0.137. The van der Waals surface area contributed by atoms with Crippen LogP contribution in [-0.4, -0.2) is 46.6 Å². The van der Waals surface area contributed by atoms with Crippen molar-refractivity contribution in [1.82, 2.24) is 14.8 Å². The molecule has 0 saturated heterocycles. The molecule has 0 aliphatic carbocycles. The minimum atomic E-state index is -0.421. The molecule has 0 aliphatic rings. The Morgan fingerprint density at radius 3 is 2.76 bits per heavy atom. The number of rotatable bonds is 7. The van der Waals surface area contributed by atoms with E-state index in [2.05, 4.69) is 20.3 Å². The summed E-state index contributed by atoms with van der Waals surface area (Å²) in [6, 6.07) is 4.87. The first-order valence-corrected chi connectivity index (χ1v) is 8.32. The Morgan fingerprint density at radius 2 is 2.12 bits per heavy atom. The van der Waals surface area contributed by atoms with Crippen molar-refractivity contribution in [3.05, 3.63) is 23.2 Å². The zero-order valence-electron chi connectivity index (χ0n) is 13.5. The molecule has 1 heterocycles. The molecule has 0 atom stereocenters. The number of amides is 1. The number of ether oxygens (including phenoxy) is 2. The van der Waals surface area contributed by atoms with Gasteiger partial charge in [0.1, 0.15) is 12.3 Å². The molecule has 2 rings (SSSR count). The van der Waals surface area contributed by atoms with Gasteiger partial charge in [0.05, 0.1) is 25.0 Å². The number of carbonyl (C=O) groups excluding carboxylic acids is 2. The highest BCUT2D eigenvalue weighted by atomic mass is 35.5. The van der Waals surface area contributed by atoms with Crippen LogP contribution in [-0.2, 0) is 20.9 Å². The van der Waals surface area contributed by atoms with E-state index in [1.807, 2.05) is 0 Å². The first-order chi connectivity index (χ1) is 11.9. The highest BCUT2D eigenvalue weighted by molar-refractivity contribution is 7.99. The molecule has 25 heavy (non-hydrogen) atoms. The maximum Gasteiger partial charge on any atom is 0.316 e. The van der Waals surface area contributed by atoms with Crippen LogP contribution in [0.5, 0.6) is 5.75 Å². The highest BCUT2D eigenvalue weighted by Crippen LogP contribution is 2.27. The molecule has 0 unspecified atom stereocenters. The molecule has 0 fully saturated rings. The van der Waals surface area contributed by atoms with Gasteiger partial charge in [0.25, 0.3) is 0 Å². The molecule has 1 aromatic heterocycles. The number of nitrogen functional groups attached to an aromatic ring is 1. The van der Waals surface area contributed by atoms with Gasteiger partial charge in [0, 0.05) is 5.69 Å². The van der Waals surface area contributed by atoms with Crippen molar-refractivity contribution >= 4 is 46.9 Å². The minimum Gasteiger partial charge on any atom is -0.495 e. The Bertz CT molecular complexity index is 783. The molecule has 0 saturated carbocycles. The second kappa shape index (κ2) is 8.58. The predicted molar refractivity (Wildman–Crippen MR) is 93.8 cm³/mol. The number of nitrogens with two attached hydrogens (primary N) is 1. The van der Waals surface area contributed by atoms with E-state index >= 15 is 0 Å².